The van der Waals surface area contributed by atoms with Crippen molar-refractivity contribution in [2.24, 2.45) is 19.1 Å². The van der Waals surface area contributed by atoms with E-state index in [1.807, 2.05) is 0 Å². The van der Waals surface area contributed by atoms with Gasteiger partial charge in [0.2, 0.25) is 5.88 Å². The van der Waals surface area contributed by atoms with Gasteiger partial charge in [0.15, 0.2) is 6.29 Å². The Morgan fingerprint density at radius 2 is 1.76 bits per heavy atom. The summed E-state index contributed by atoms with van der Waals surface area (Å²) in [6.07, 6.45) is -5.92. The highest BCUT2D eigenvalue weighted by atomic mass is 16.6. The lowest BCUT2D eigenvalue weighted by Gasteiger charge is -2.38. The molecule has 2 heterocycles. The summed E-state index contributed by atoms with van der Waals surface area (Å²) in [6, 6.07) is -1.36. The summed E-state index contributed by atoms with van der Waals surface area (Å²) in [5.74, 6) is -0.621. The Labute approximate surface area is 141 Å². The van der Waals surface area contributed by atoms with E-state index in [2.05, 4.69) is 4.99 Å². The van der Waals surface area contributed by atoms with Crippen LogP contribution in [0.1, 0.15) is 12.5 Å². The average molecular weight is 359 g/mol. The highest BCUT2D eigenvalue weighted by Gasteiger charge is 2.43. The molecule has 1 fully saturated rings. The molecule has 25 heavy (non-hydrogen) atoms. The van der Waals surface area contributed by atoms with E-state index in [0.717, 1.165) is 9.13 Å². The van der Waals surface area contributed by atoms with E-state index in [4.69, 9.17) is 9.84 Å². The van der Waals surface area contributed by atoms with Crippen LogP contribution in [0.3, 0.4) is 0 Å². The van der Waals surface area contributed by atoms with Crippen LogP contribution in [0.15, 0.2) is 14.6 Å². The maximum Gasteiger partial charge on any atom is 0.333 e. The van der Waals surface area contributed by atoms with E-state index in [0.29, 0.717) is 0 Å². The third-order valence-electron chi connectivity index (χ3n) is 4.21. The molecule has 0 saturated carbocycles. The van der Waals surface area contributed by atoms with Crippen LogP contribution in [-0.2, 0) is 18.8 Å². The lowest BCUT2D eigenvalue weighted by Crippen LogP contribution is -2.58. The number of aromatic nitrogens is 2. The number of aliphatic hydroxyl groups is 4. The maximum atomic E-state index is 12.2. The Balaban J connectivity index is 2.50. The summed E-state index contributed by atoms with van der Waals surface area (Å²) >= 11 is 0. The van der Waals surface area contributed by atoms with Gasteiger partial charge in [-0.05, 0) is 6.92 Å². The smallest absolute Gasteiger partial charge is 0.333 e. The number of rotatable bonds is 3. The molecule has 11 heteroatoms. The van der Waals surface area contributed by atoms with Gasteiger partial charge in [0, 0.05) is 14.1 Å². The van der Waals surface area contributed by atoms with Gasteiger partial charge >= 0.3 is 5.69 Å². The lowest BCUT2D eigenvalue weighted by molar-refractivity contribution is -0.248. The van der Waals surface area contributed by atoms with Crippen molar-refractivity contribution in [2.45, 2.75) is 37.6 Å². The summed E-state index contributed by atoms with van der Waals surface area (Å²) in [4.78, 5) is 28.0. The number of aliphatic imine (C=N–C) groups is 1. The minimum absolute atomic E-state index is 0.0740. The molecule has 1 aliphatic heterocycles. The van der Waals surface area contributed by atoms with Gasteiger partial charge in [0.05, 0.1) is 12.3 Å². The van der Waals surface area contributed by atoms with Gasteiger partial charge in [-0.1, -0.05) is 0 Å². The van der Waals surface area contributed by atoms with Crippen molar-refractivity contribution < 1.29 is 30.3 Å². The van der Waals surface area contributed by atoms with Crippen molar-refractivity contribution in [1.29, 1.82) is 0 Å². The first-order chi connectivity index (χ1) is 11.6. The second-order valence-electron chi connectivity index (χ2n) is 5.84. The van der Waals surface area contributed by atoms with Crippen LogP contribution in [-0.4, -0.2) is 77.6 Å². The fraction of sp³-hybridized carbons (Fsp3) is 0.643. The van der Waals surface area contributed by atoms with Crippen LogP contribution in [0.2, 0.25) is 0 Å². The molecular formula is C14H21N3O8. The zero-order chi connectivity index (χ0) is 19.0. The van der Waals surface area contributed by atoms with Gasteiger partial charge in [-0.2, -0.15) is 0 Å². The van der Waals surface area contributed by atoms with Gasteiger partial charge < -0.3 is 30.3 Å². The van der Waals surface area contributed by atoms with Crippen LogP contribution in [0.25, 0.3) is 0 Å². The molecule has 140 valence electrons. The molecule has 1 aliphatic rings. The van der Waals surface area contributed by atoms with Crippen LogP contribution in [0, 0.1) is 0 Å². The first-order valence-corrected chi connectivity index (χ1v) is 7.46. The Morgan fingerprint density at radius 1 is 1.16 bits per heavy atom. The molecule has 0 aliphatic carbocycles. The standard InChI is InChI=1S/C14H21N3O8/c1-5(7-11(21)16(2)14(24)17(3)12(7)22)15-8-10(20)9(19)6(4-18)25-13(8)23/h6,8-10,13,18-21,23H,4H2,1-3H3/t6-,8-,9-,10-,13?/m1/s1. The highest BCUT2D eigenvalue weighted by Crippen LogP contribution is 2.23. The van der Waals surface area contributed by atoms with E-state index in [9.17, 15) is 30.0 Å². The second kappa shape index (κ2) is 7.06. The van der Waals surface area contributed by atoms with Gasteiger partial charge in [0.1, 0.15) is 29.9 Å². The normalized spacial score (nSPS) is 30.5. The molecule has 5 atom stereocenters. The number of hydrogen-bond donors (Lipinski definition) is 5. The van der Waals surface area contributed by atoms with Crippen molar-refractivity contribution in [3.8, 4) is 5.88 Å². The predicted molar refractivity (Wildman–Crippen MR) is 84.6 cm³/mol. The molecule has 1 unspecified atom stereocenters. The number of nitrogens with zero attached hydrogens (tertiary/aromatic N) is 3. The Morgan fingerprint density at radius 3 is 2.32 bits per heavy atom. The predicted octanol–water partition coefficient (Wildman–Crippen LogP) is -3.60. The van der Waals surface area contributed by atoms with Crippen molar-refractivity contribution in [3.05, 3.63) is 26.4 Å². The van der Waals surface area contributed by atoms with Gasteiger partial charge in [-0.3, -0.25) is 18.9 Å². The van der Waals surface area contributed by atoms with E-state index < -0.39 is 54.4 Å². The first kappa shape index (κ1) is 19.3. The van der Waals surface area contributed by atoms with Gasteiger partial charge in [-0.15, -0.1) is 0 Å². The molecule has 0 amide bonds. The van der Waals surface area contributed by atoms with Gasteiger partial charge in [0.25, 0.3) is 5.56 Å². The Hall–Kier alpha value is -2.05. The SMILES string of the molecule is CC(=N[C@H]1C(O)O[C@H](CO)[C@@H](O)[C@@H]1O)c1c(O)n(C)c(=O)n(C)c1=O. The van der Waals surface area contributed by atoms with E-state index in [-0.39, 0.29) is 11.3 Å². The summed E-state index contributed by atoms with van der Waals surface area (Å²) in [6.45, 7) is 0.720. The van der Waals surface area contributed by atoms with E-state index >= 15 is 0 Å². The quantitative estimate of drug-likeness (QED) is 0.345. The summed E-state index contributed by atoms with van der Waals surface area (Å²) in [5.41, 5.74) is -1.91. The van der Waals surface area contributed by atoms with Crippen molar-refractivity contribution in [3.63, 3.8) is 0 Å². The van der Waals surface area contributed by atoms with Crippen molar-refractivity contribution >= 4 is 5.71 Å². The molecule has 1 aromatic rings. The molecule has 11 nitrogen and oxygen atoms in total. The molecule has 0 bridgehead atoms. The van der Waals surface area contributed by atoms with E-state index in [1.54, 1.807) is 0 Å². The monoisotopic (exact) mass is 359 g/mol. The highest BCUT2D eigenvalue weighted by molar-refractivity contribution is 6.00. The summed E-state index contributed by atoms with van der Waals surface area (Å²) in [7, 11) is 2.49. The number of aliphatic hydroxyl groups excluding tert-OH is 4. The average Bonchev–Trinajstić information content (AvgIpc) is 2.58. The fourth-order valence-electron chi connectivity index (χ4n) is 2.66. The fourth-order valence-corrected chi connectivity index (χ4v) is 2.66. The number of hydrogen-bond acceptors (Lipinski definition) is 9. The van der Waals surface area contributed by atoms with Crippen LogP contribution >= 0.6 is 0 Å². The Bertz CT molecular complexity index is 798. The van der Waals surface area contributed by atoms with Crippen molar-refractivity contribution in [1.82, 2.24) is 9.13 Å². The molecule has 0 radical (unpaired) electrons. The second-order valence-corrected chi connectivity index (χ2v) is 5.84. The topological polar surface area (TPSA) is 167 Å². The van der Waals surface area contributed by atoms with Crippen molar-refractivity contribution in [2.75, 3.05) is 6.61 Å². The molecule has 5 N–H and O–H groups in total. The number of aromatic hydroxyl groups is 1. The zero-order valence-electron chi connectivity index (χ0n) is 13.9. The van der Waals surface area contributed by atoms with E-state index in [1.165, 1.54) is 21.0 Å². The van der Waals surface area contributed by atoms with Crippen LogP contribution < -0.4 is 11.2 Å². The Kier molecular flexibility index (Phi) is 5.44. The lowest BCUT2D eigenvalue weighted by atomic mass is 9.97. The number of ether oxygens (including phenoxy) is 1. The molecular weight excluding hydrogens is 338 g/mol. The molecule has 0 aromatic carbocycles. The molecule has 1 saturated heterocycles. The minimum Gasteiger partial charge on any atom is -0.494 e. The summed E-state index contributed by atoms with van der Waals surface area (Å²) < 4.78 is 6.60. The third kappa shape index (κ3) is 3.24. The van der Waals surface area contributed by atoms with Crippen LogP contribution in [0.5, 0.6) is 5.88 Å². The zero-order valence-corrected chi connectivity index (χ0v) is 13.9. The molecule has 2 rings (SSSR count). The van der Waals surface area contributed by atoms with Gasteiger partial charge in [-0.25, -0.2) is 4.79 Å². The summed E-state index contributed by atoms with van der Waals surface area (Å²) in [5, 5.41) is 49.0. The maximum absolute atomic E-state index is 12.2. The molecule has 0 spiro atoms. The minimum atomic E-state index is -1.65. The third-order valence-corrected chi connectivity index (χ3v) is 4.21. The molecule has 1 aromatic heterocycles. The largest absolute Gasteiger partial charge is 0.494 e. The first-order valence-electron chi connectivity index (χ1n) is 7.46. The van der Waals surface area contributed by atoms with Crippen LogP contribution in [0.4, 0.5) is 0 Å².